The maximum atomic E-state index is 12.7. The number of halogens is 1. The number of nitrogens with one attached hydrogen (secondary N) is 1. The van der Waals surface area contributed by atoms with Crippen LogP contribution in [-0.2, 0) is 16.6 Å². The van der Waals surface area contributed by atoms with Gasteiger partial charge in [0.05, 0.1) is 22.0 Å². The average molecular weight is 382 g/mol. The molecular weight excluding hydrogens is 362 g/mol. The number of rotatable bonds is 5. The highest BCUT2D eigenvalue weighted by atomic mass is 35.5. The first-order valence-corrected chi connectivity index (χ1v) is 9.89. The van der Waals surface area contributed by atoms with Crippen LogP contribution in [0.3, 0.4) is 0 Å². The van der Waals surface area contributed by atoms with E-state index in [4.69, 9.17) is 11.6 Å². The van der Waals surface area contributed by atoms with Crippen LogP contribution in [0.25, 0.3) is 0 Å². The van der Waals surface area contributed by atoms with Crippen LogP contribution in [0.4, 0.5) is 0 Å². The minimum atomic E-state index is -3.59. The predicted molar refractivity (Wildman–Crippen MR) is 96.0 cm³/mol. The summed E-state index contributed by atoms with van der Waals surface area (Å²) in [5.74, 6) is -0.321. The molecule has 1 aliphatic rings. The topological polar surface area (TPSA) is 73.5 Å². The van der Waals surface area contributed by atoms with E-state index < -0.39 is 10.0 Å². The Bertz CT molecular complexity index is 859. The summed E-state index contributed by atoms with van der Waals surface area (Å²) in [7, 11) is -1.94. The maximum Gasteiger partial charge on any atom is 0.255 e. The van der Waals surface area contributed by atoms with Gasteiger partial charge < -0.3 is 9.88 Å². The largest absolute Gasteiger partial charge is 0.364 e. The number of H-pyrrole nitrogens is 1. The van der Waals surface area contributed by atoms with E-state index in [2.05, 4.69) is 4.98 Å². The smallest absolute Gasteiger partial charge is 0.255 e. The van der Waals surface area contributed by atoms with Crippen molar-refractivity contribution in [3.05, 3.63) is 52.8 Å². The summed E-state index contributed by atoms with van der Waals surface area (Å²) in [6, 6.07) is 8.03. The number of carbonyl (C=O) groups excluding carboxylic acids is 1. The SMILES string of the molecule is CN(Cc1ccc[nH]1)C(=O)c1cc(S(=O)(=O)N2CCCC2)ccc1Cl. The first-order valence-electron chi connectivity index (χ1n) is 8.07. The van der Waals surface area contributed by atoms with Crippen molar-refractivity contribution in [2.24, 2.45) is 0 Å². The fraction of sp³-hybridized carbons (Fsp3) is 0.353. The van der Waals surface area contributed by atoms with Crippen molar-refractivity contribution < 1.29 is 13.2 Å². The zero-order valence-corrected chi connectivity index (χ0v) is 15.5. The quantitative estimate of drug-likeness (QED) is 0.865. The van der Waals surface area contributed by atoms with E-state index in [1.165, 1.54) is 27.4 Å². The van der Waals surface area contributed by atoms with Gasteiger partial charge in [0.25, 0.3) is 5.91 Å². The highest BCUT2D eigenvalue weighted by molar-refractivity contribution is 7.89. The van der Waals surface area contributed by atoms with Gasteiger partial charge in [-0.05, 0) is 43.2 Å². The molecular formula is C17H20ClN3O3S. The Kier molecular flexibility index (Phi) is 5.17. The Labute approximate surface area is 152 Å². The molecule has 1 aromatic carbocycles. The Hall–Kier alpha value is -1.83. The second-order valence-electron chi connectivity index (χ2n) is 6.11. The lowest BCUT2D eigenvalue weighted by Crippen LogP contribution is -2.29. The molecule has 2 aromatic rings. The fourth-order valence-corrected chi connectivity index (χ4v) is 4.65. The minimum absolute atomic E-state index is 0.107. The van der Waals surface area contributed by atoms with Crippen molar-refractivity contribution in [2.45, 2.75) is 24.3 Å². The summed E-state index contributed by atoms with van der Waals surface area (Å²) in [6.45, 7) is 1.41. The monoisotopic (exact) mass is 381 g/mol. The summed E-state index contributed by atoms with van der Waals surface area (Å²) in [5, 5.41) is 0.240. The van der Waals surface area contributed by atoms with Gasteiger partial charge in [-0.1, -0.05) is 11.6 Å². The minimum Gasteiger partial charge on any atom is -0.364 e. The van der Waals surface area contributed by atoms with E-state index in [0.717, 1.165) is 18.5 Å². The van der Waals surface area contributed by atoms with Crippen LogP contribution < -0.4 is 0 Å². The number of hydrogen-bond acceptors (Lipinski definition) is 3. The summed E-state index contributed by atoms with van der Waals surface area (Å²) in [5.41, 5.74) is 1.07. The lowest BCUT2D eigenvalue weighted by molar-refractivity contribution is 0.0783. The number of amides is 1. The van der Waals surface area contributed by atoms with Gasteiger partial charge in [-0.15, -0.1) is 0 Å². The molecule has 25 heavy (non-hydrogen) atoms. The summed E-state index contributed by atoms with van der Waals surface area (Å²) in [4.78, 5) is 17.3. The highest BCUT2D eigenvalue weighted by Crippen LogP contribution is 2.26. The first-order chi connectivity index (χ1) is 11.9. The van der Waals surface area contributed by atoms with Crippen LogP contribution in [0.5, 0.6) is 0 Å². The van der Waals surface area contributed by atoms with Crippen LogP contribution >= 0.6 is 11.6 Å². The van der Waals surface area contributed by atoms with Gasteiger partial charge in [-0.2, -0.15) is 4.31 Å². The molecule has 1 aromatic heterocycles. The van der Waals surface area contributed by atoms with Gasteiger partial charge in [-0.25, -0.2) is 8.42 Å². The lowest BCUT2D eigenvalue weighted by Gasteiger charge is -2.19. The van der Waals surface area contributed by atoms with E-state index in [0.29, 0.717) is 19.6 Å². The van der Waals surface area contributed by atoms with Crippen molar-refractivity contribution >= 4 is 27.5 Å². The van der Waals surface area contributed by atoms with Crippen LogP contribution in [0.15, 0.2) is 41.4 Å². The van der Waals surface area contributed by atoms with Crippen LogP contribution in [0, 0.1) is 0 Å². The second-order valence-corrected chi connectivity index (χ2v) is 8.45. The number of nitrogens with zero attached hydrogens (tertiary/aromatic N) is 2. The summed E-state index contributed by atoms with van der Waals surface area (Å²) in [6.07, 6.45) is 3.50. The van der Waals surface area contributed by atoms with Crippen molar-refractivity contribution in [3.63, 3.8) is 0 Å². The molecule has 3 rings (SSSR count). The Morgan fingerprint density at radius 2 is 2.00 bits per heavy atom. The zero-order chi connectivity index (χ0) is 18.0. The van der Waals surface area contributed by atoms with Gasteiger partial charge in [0.2, 0.25) is 10.0 Å². The standard InChI is InChI=1S/C17H20ClN3O3S/c1-20(12-13-5-4-8-19-13)17(22)15-11-14(6-7-16(15)18)25(23,24)21-9-2-3-10-21/h4-8,11,19H,2-3,9-10,12H2,1H3. The molecule has 6 nitrogen and oxygen atoms in total. The van der Waals surface area contributed by atoms with Crippen molar-refractivity contribution in [3.8, 4) is 0 Å². The van der Waals surface area contributed by atoms with Gasteiger partial charge >= 0.3 is 0 Å². The van der Waals surface area contributed by atoms with E-state index in [1.807, 2.05) is 12.1 Å². The van der Waals surface area contributed by atoms with Crippen molar-refractivity contribution in [2.75, 3.05) is 20.1 Å². The number of sulfonamides is 1. The van der Waals surface area contributed by atoms with Crippen molar-refractivity contribution in [1.82, 2.24) is 14.2 Å². The number of carbonyl (C=O) groups is 1. The maximum absolute atomic E-state index is 12.7. The van der Waals surface area contributed by atoms with Crippen LogP contribution in [-0.4, -0.2) is 48.7 Å². The van der Waals surface area contributed by atoms with Gasteiger partial charge in [0, 0.05) is 32.0 Å². The molecule has 0 unspecified atom stereocenters. The number of benzene rings is 1. The molecule has 1 aliphatic heterocycles. The molecule has 0 spiro atoms. The fourth-order valence-electron chi connectivity index (χ4n) is 2.91. The van der Waals surface area contributed by atoms with Crippen LogP contribution in [0.2, 0.25) is 5.02 Å². The molecule has 1 N–H and O–H groups in total. The van der Waals surface area contributed by atoms with Gasteiger partial charge in [0.1, 0.15) is 0 Å². The van der Waals surface area contributed by atoms with Crippen molar-refractivity contribution in [1.29, 1.82) is 0 Å². The molecule has 0 atom stereocenters. The van der Waals surface area contributed by atoms with E-state index >= 15 is 0 Å². The molecule has 0 aliphatic carbocycles. The third kappa shape index (κ3) is 3.73. The molecule has 1 fully saturated rings. The second kappa shape index (κ2) is 7.19. The number of aromatic amines is 1. The average Bonchev–Trinajstić information content (AvgIpc) is 3.28. The molecule has 1 saturated heterocycles. The Morgan fingerprint density at radius 1 is 1.28 bits per heavy atom. The van der Waals surface area contributed by atoms with E-state index in [9.17, 15) is 13.2 Å². The number of hydrogen-bond donors (Lipinski definition) is 1. The predicted octanol–water partition coefficient (Wildman–Crippen LogP) is 2.72. The third-order valence-corrected chi connectivity index (χ3v) is 6.51. The molecule has 0 bridgehead atoms. The number of aromatic nitrogens is 1. The summed E-state index contributed by atoms with van der Waals surface area (Å²) < 4.78 is 26.9. The molecule has 1 amide bonds. The van der Waals surface area contributed by atoms with Crippen LogP contribution in [0.1, 0.15) is 28.9 Å². The Balaban J connectivity index is 1.87. The van der Waals surface area contributed by atoms with Gasteiger partial charge in [-0.3, -0.25) is 4.79 Å². The van der Waals surface area contributed by atoms with E-state index in [-0.39, 0.29) is 21.4 Å². The molecule has 0 saturated carbocycles. The lowest BCUT2D eigenvalue weighted by atomic mass is 10.2. The molecule has 8 heteroatoms. The Morgan fingerprint density at radius 3 is 2.64 bits per heavy atom. The molecule has 2 heterocycles. The normalized spacial score (nSPS) is 15.4. The molecule has 0 radical (unpaired) electrons. The van der Waals surface area contributed by atoms with Gasteiger partial charge in [0.15, 0.2) is 0 Å². The first kappa shape index (κ1) is 18.0. The summed E-state index contributed by atoms with van der Waals surface area (Å²) >= 11 is 6.16. The zero-order valence-electron chi connectivity index (χ0n) is 13.9. The molecule has 134 valence electrons. The van der Waals surface area contributed by atoms with E-state index in [1.54, 1.807) is 13.2 Å². The third-order valence-electron chi connectivity index (χ3n) is 4.29. The highest BCUT2D eigenvalue weighted by Gasteiger charge is 2.28.